The van der Waals surface area contributed by atoms with E-state index in [1.54, 1.807) is 11.6 Å². The van der Waals surface area contributed by atoms with E-state index in [9.17, 15) is 10.1 Å². The van der Waals surface area contributed by atoms with Gasteiger partial charge in [-0.25, -0.2) is 0 Å². The summed E-state index contributed by atoms with van der Waals surface area (Å²) in [5.74, 6) is 0.250. The Morgan fingerprint density at radius 3 is 2.90 bits per heavy atom. The van der Waals surface area contributed by atoms with Gasteiger partial charge in [0.05, 0.1) is 12.7 Å². The Balaban J connectivity index is 1.73. The molecule has 1 aromatic rings. The number of ether oxygens (including phenoxy) is 1. The van der Waals surface area contributed by atoms with Crippen LogP contribution in [0.2, 0.25) is 0 Å². The number of aryl methyl sites for hydroxylation is 1. The minimum atomic E-state index is -0.494. The fourth-order valence-corrected chi connectivity index (χ4v) is 2.41. The van der Waals surface area contributed by atoms with Crippen LogP contribution in [-0.2, 0) is 11.8 Å². The predicted octanol–water partition coefficient (Wildman–Crippen LogP) is 1.03. The first-order chi connectivity index (χ1) is 9.58. The van der Waals surface area contributed by atoms with Crippen LogP contribution in [0.25, 0.3) is 0 Å². The van der Waals surface area contributed by atoms with Crippen LogP contribution in [0, 0.1) is 10.1 Å². The molecule has 1 saturated carbocycles. The molecule has 0 bridgehead atoms. The van der Waals surface area contributed by atoms with Gasteiger partial charge in [0.15, 0.2) is 0 Å². The Hall–Kier alpha value is -1.67. The van der Waals surface area contributed by atoms with Crippen molar-refractivity contribution >= 4 is 11.6 Å². The molecule has 2 rings (SSSR count). The van der Waals surface area contributed by atoms with E-state index >= 15 is 0 Å². The summed E-state index contributed by atoms with van der Waals surface area (Å²) in [6, 6.07) is 0.310. The Morgan fingerprint density at radius 1 is 1.55 bits per heavy atom. The topological polar surface area (TPSA) is 108 Å². The van der Waals surface area contributed by atoms with Gasteiger partial charge in [-0.3, -0.25) is 4.57 Å². The molecule has 0 aromatic carbocycles. The molecule has 8 nitrogen and oxygen atoms in total. The van der Waals surface area contributed by atoms with Crippen molar-refractivity contribution in [2.24, 2.45) is 12.8 Å². The van der Waals surface area contributed by atoms with Crippen LogP contribution in [0.15, 0.2) is 6.33 Å². The van der Waals surface area contributed by atoms with Crippen LogP contribution in [-0.4, -0.2) is 39.8 Å². The maximum Gasteiger partial charge on any atom is 0.406 e. The molecule has 1 aromatic heterocycles. The van der Waals surface area contributed by atoms with Gasteiger partial charge < -0.3 is 25.9 Å². The molecule has 0 spiro atoms. The summed E-state index contributed by atoms with van der Waals surface area (Å²) in [6.07, 6.45) is 5.68. The quantitative estimate of drug-likeness (QED) is 0.458. The van der Waals surface area contributed by atoms with Crippen LogP contribution in [0.1, 0.15) is 25.7 Å². The number of aromatic nitrogens is 2. The normalized spacial score (nSPS) is 22.7. The van der Waals surface area contributed by atoms with Gasteiger partial charge in [0.2, 0.25) is 12.1 Å². The van der Waals surface area contributed by atoms with Crippen LogP contribution < -0.4 is 11.1 Å². The van der Waals surface area contributed by atoms with Gasteiger partial charge in [-0.15, -0.1) is 0 Å². The summed E-state index contributed by atoms with van der Waals surface area (Å²) >= 11 is 0. The van der Waals surface area contributed by atoms with E-state index in [0.717, 1.165) is 25.7 Å². The maximum absolute atomic E-state index is 10.8. The number of anilines is 1. The van der Waals surface area contributed by atoms with Gasteiger partial charge >= 0.3 is 5.82 Å². The lowest BCUT2D eigenvalue weighted by Gasteiger charge is -2.26. The monoisotopic (exact) mass is 283 g/mol. The molecule has 0 unspecified atom stereocenters. The summed E-state index contributed by atoms with van der Waals surface area (Å²) in [7, 11) is 1.71. The fourth-order valence-electron chi connectivity index (χ4n) is 2.41. The van der Waals surface area contributed by atoms with Gasteiger partial charge in [0.25, 0.3) is 0 Å². The van der Waals surface area contributed by atoms with Crippen LogP contribution >= 0.6 is 0 Å². The van der Waals surface area contributed by atoms with Crippen molar-refractivity contribution in [1.82, 2.24) is 9.55 Å². The van der Waals surface area contributed by atoms with Gasteiger partial charge in [-0.2, -0.15) is 0 Å². The van der Waals surface area contributed by atoms with Crippen LogP contribution in [0.5, 0.6) is 0 Å². The van der Waals surface area contributed by atoms with Crippen LogP contribution in [0.3, 0.4) is 0 Å². The molecule has 8 heteroatoms. The minimum absolute atomic E-state index is 0.156. The third kappa shape index (κ3) is 3.67. The molecule has 0 saturated heterocycles. The van der Waals surface area contributed by atoms with Crippen molar-refractivity contribution in [3.63, 3.8) is 0 Å². The number of nitrogens with two attached hydrogens (primary N) is 1. The highest BCUT2D eigenvalue weighted by molar-refractivity contribution is 5.51. The first-order valence-corrected chi connectivity index (χ1v) is 6.84. The third-order valence-electron chi connectivity index (χ3n) is 3.56. The zero-order chi connectivity index (χ0) is 14.5. The predicted molar refractivity (Wildman–Crippen MR) is 74.5 cm³/mol. The van der Waals surface area contributed by atoms with E-state index in [1.807, 2.05) is 0 Å². The molecule has 0 atom stereocenters. The number of nitrogens with zero attached hydrogens (tertiary/aromatic N) is 3. The van der Waals surface area contributed by atoms with Gasteiger partial charge in [0, 0.05) is 19.6 Å². The molecule has 3 N–H and O–H groups in total. The minimum Gasteiger partial charge on any atom is -0.376 e. The third-order valence-corrected chi connectivity index (χ3v) is 3.56. The first kappa shape index (κ1) is 14.7. The Kier molecular flexibility index (Phi) is 4.91. The Labute approximate surface area is 117 Å². The highest BCUT2D eigenvalue weighted by Crippen LogP contribution is 2.21. The van der Waals surface area contributed by atoms with Crippen molar-refractivity contribution in [2.75, 3.05) is 18.5 Å². The average molecular weight is 283 g/mol. The van der Waals surface area contributed by atoms with Gasteiger partial charge in [-0.1, -0.05) is 0 Å². The van der Waals surface area contributed by atoms with E-state index in [0.29, 0.717) is 25.0 Å². The molecule has 1 aliphatic carbocycles. The summed E-state index contributed by atoms with van der Waals surface area (Å²) < 4.78 is 7.35. The largest absolute Gasteiger partial charge is 0.406 e. The number of hydrogen-bond acceptors (Lipinski definition) is 6. The van der Waals surface area contributed by atoms with Crippen molar-refractivity contribution in [3.05, 3.63) is 16.4 Å². The number of nitro groups is 1. The van der Waals surface area contributed by atoms with E-state index in [2.05, 4.69) is 10.3 Å². The first-order valence-electron chi connectivity index (χ1n) is 6.84. The summed E-state index contributed by atoms with van der Waals surface area (Å²) in [6.45, 7) is 1.03. The second-order valence-electron chi connectivity index (χ2n) is 5.12. The Bertz CT molecular complexity index is 454. The summed E-state index contributed by atoms with van der Waals surface area (Å²) in [4.78, 5) is 14.0. The summed E-state index contributed by atoms with van der Waals surface area (Å²) in [5, 5.41) is 13.8. The Morgan fingerprint density at radius 2 is 2.25 bits per heavy atom. The SMILES string of the molecule is Cn1cnc([N+](=O)[O-])c1NCCOC1CCC(N)CC1. The molecule has 0 amide bonds. The highest BCUT2D eigenvalue weighted by Gasteiger charge is 2.20. The fraction of sp³-hybridized carbons (Fsp3) is 0.750. The van der Waals surface area contributed by atoms with Crippen molar-refractivity contribution in [2.45, 2.75) is 37.8 Å². The van der Waals surface area contributed by atoms with E-state index in [1.165, 1.54) is 6.33 Å². The molecule has 1 aliphatic rings. The molecular formula is C12H21N5O3. The average Bonchev–Trinajstić information content (AvgIpc) is 2.78. The zero-order valence-corrected chi connectivity index (χ0v) is 11.6. The van der Waals surface area contributed by atoms with E-state index < -0.39 is 4.92 Å². The lowest BCUT2D eigenvalue weighted by Crippen LogP contribution is -2.31. The second-order valence-corrected chi connectivity index (χ2v) is 5.12. The number of hydrogen-bond donors (Lipinski definition) is 2. The summed E-state index contributed by atoms with van der Waals surface area (Å²) in [5.41, 5.74) is 5.84. The second kappa shape index (κ2) is 6.67. The van der Waals surface area contributed by atoms with E-state index in [-0.39, 0.29) is 11.9 Å². The van der Waals surface area contributed by atoms with Gasteiger partial charge in [0.1, 0.15) is 0 Å². The highest BCUT2D eigenvalue weighted by atomic mass is 16.6. The molecule has 0 radical (unpaired) electrons. The number of rotatable bonds is 6. The van der Waals surface area contributed by atoms with Crippen molar-refractivity contribution < 1.29 is 9.66 Å². The molecular weight excluding hydrogens is 262 g/mol. The molecule has 1 heterocycles. The standard InChI is InChI=1S/C12H21N5O3/c1-16-8-15-12(17(18)19)11(16)14-6-7-20-10-4-2-9(13)3-5-10/h8-10,14H,2-7,13H2,1H3. The maximum atomic E-state index is 10.8. The molecule has 0 aliphatic heterocycles. The number of nitrogens with one attached hydrogen (secondary N) is 1. The number of imidazole rings is 1. The van der Waals surface area contributed by atoms with Crippen molar-refractivity contribution in [1.29, 1.82) is 0 Å². The van der Waals surface area contributed by atoms with Crippen molar-refractivity contribution in [3.8, 4) is 0 Å². The zero-order valence-electron chi connectivity index (χ0n) is 11.6. The van der Waals surface area contributed by atoms with Gasteiger partial charge in [-0.05, 0) is 35.6 Å². The van der Waals surface area contributed by atoms with E-state index in [4.69, 9.17) is 10.5 Å². The lowest BCUT2D eigenvalue weighted by atomic mass is 9.94. The molecule has 20 heavy (non-hydrogen) atoms. The smallest absolute Gasteiger partial charge is 0.376 e. The molecule has 112 valence electrons. The molecule has 1 fully saturated rings. The van der Waals surface area contributed by atoms with Crippen LogP contribution in [0.4, 0.5) is 11.6 Å². The lowest BCUT2D eigenvalue weighted by molar-refractivity contribution is -0.388.